The van der Waals surface area contributed by atoms with E-state index in [-0.39, 0.29) is 17.3 Å². The molecule has 0 bridgehead atoms. The predicted octanol–water partition coefficient (Wildman–Crippen LogP) is 5.96. The first kappa shape index (κ1) is 26.8. The van der Waals surface area contributed by atoms with Crippen LogP contribution in [-0.4, -0.2) is 41.7 Å². The lowest BCUT2D eigenvalue weighted by Gasteiger charge is -2.10. The number of para-hydroxylation sites is 4. The molecule has 0 atom stereocenters. The lowest BCUT2D eigenvalue weighted by molar-refractivity contribution is 0.589. The van der Waals surface area contributed by atoms with Crippen molar-refractivity contribution < 1.29 is 8.42 Å². The van der Waals surface area contributed by atoms with Gasteiger partial charge in [-0.05, 0) is 49.4 Å². The number of hydrogen-bond donors (Lipinski definition) is 1. The molecule has 0 saturated carbocycles. The molecule has 0 unspecified atom stereocenters. The molecule has 4 aromatic heterocycles. The second-order valence-corrected chi connectivity index (χ2v) is 12.6. The van der Waals surface area contributed by atoms with Crippen molar-refractivity contribution in [3.63, 3.8) is 0 Å². The van der Waals surface area contributed by atoms with Crippen molar-refractivity contribution in [2.75, 3.05) is 5.73 Å². The highest BCUT2D eigenvalue weighted by Gasteiger charge is 2.26. The molecule has 45 heavy (non-hydrogen) atoms. The van der Waals surface area contributed by atoms with Crippen molar-refractivity contribution in [3.05, 3.63) is 127 Å². The summed E-state index contributed by atoms with van der Waals surface area (Å²) < 4.78 is 33.0. The lowest BCUT2D eigenvalue weighted by atomic mass is 10.1. The summed E-state index contributed by atoms with van der Waals surface area (Å²) in [5.74, 6) is 0.996. The number of fused-ring (bicyclic) bond motifs is 3. The van der Waals surface area contributed by atoms with E-state index in [0.29, 0.717) is 33.2 Å². The van der Waals surface area contributed by atoms with Crippen LogP contribution in [0.15, 0.2) is 121 Å². The summed E-state index contributed by atoms with van der Waals surface area (Å²) in [6, 6.07) is 32.2. The highest BCUT2D eigenvalue weighted by Crippen LogP contribution is 2.37. The number of anilines is 1. The Morgan fingerprint density at radius 2 is 1.51 bits per heavy atom. The Labute approximate surface area is 258 Å². The van der Waals surface area contributed by atoms with E-state index in [1.54, 1.807) is 41.2 Å². The van der Waals surface area contributed by atoms with Gasteiger partial charge in [-0.2, -0.15) is 5.10 Å². The van der Waals surface area contributed by atoms with Crippen molar-refractivity contribution in [2.45, 2.75) is 18.4 Å². The van der Waals surface area contributed by atoms with E-state index in [1.165, 1.54) is 10.3 Å². The third-order valence-corrected chi connectivity index (χ3v) is 9.69. The summed E-state index contributed by atoms with van der Waals surface area (Å²) >= 11 is 0. The van der Waals surface area contributed by atoms with E-state index in [2.05, 4.69) is 14.5 Å². The number of aromatic nitrogens is 7. The first-order chi connectivity index (χ1) is 21.9. The number of hydrogen-bond acceptors (Lipinski definition) is 7. The molecule has 10 nitrogen and oxygen atoms in total. The van der Waals surface area contributed by atoms with Crippen LogP contribution in [0.2, 0.25) is 0 Å². The molecule has 0 radical (unpaired) electrons. The number of nitrogens with two attached hydrogens (primary N) is 1. The Bertz CT molecular complexity index is 2500. The van der Waals surface area contributed by atoms with Crippen molar-refractivity contribution in [2.24, 2.45) is 0 Å². The van der Waals surface area contributed by atoms with Gasteiger partial charge in [0.15, 0.2) is 5.65 Å². The first-order valence-corrected chi connectivity index (χ1v) is 15.8. The third kappa shape index (κ3) is 4.27. The molecule has 8 rings (SSSR count). The van der Waals surface area contributed by atoms with E-state index in [1.807, 2.05) is 79.7 Å². The minimum atomic E-state index is -3.92. The van der Waals surface area contributed by atoms with Gasteiger partial charge >= 0.3 is 0 Å². The molecule has 0 amide bonds. The zero-order valence-corrected chi connectivity index (χ0v) is 24.9. The van der Waals surface area contributed by atoms with Gasteiger partial charge in [0.05, 0.1) is 26.8 Å². The van der Waals surface area contributed by atoms with Crippen molar-refractivity contribution in [1.82, 2.24) is 33.3 Å². The quantitative estimate of drug-likeness (QED) is 0.246. The van der Waals surface area contributed by atoms with Crippen LogP contribution in [-0.2, 0) is 16.6 Å². The fourth-order valence-electron chi connectivity index (χ4n) is 5.87. The van der Waals surface area contributed by atoms with E-state index in [0.717, 1.165) is 28.1 Å². The van der Waals surface area contributed by atoms with Gasteiger partial charge in [-0.25, -0.2) is 32.0 Å². The van der Waals surface area contributed by atoms with Gasteiger partial charge in [0.25, 0.3) is 10.0 Å². The highest BCUT2D eigenvalue weighted by molar-refractivity contribution is 7.90. The Hall–Kier alpha value is -5.81. The van der Waals surface area contributed by atoms with Gasteiger partial charge in [0.2, 0.25) is 0 Å². The molecule has 2 N–H and O–H groups in total. The maximum atomic E-state index is 13.9. The monoisotopic (exact) mass is 610 g/mol. The van der Waals surface area contributed by atoms with Gasteiger partial charge in [-0.15, -0.1) is 0 Å². The molecule has 0 aliphatic rings. The average molecular weight is 611 g/mol. The number of aryl methyl sites for hydroxylation is 1. The van der Waals surface area contributed by atoms with Gasteiger partial charge in [0.1, 0.15) is 30.2 Å². The summed E-state index contributed by atoms with van der Waals surface area (Å²) in [6.45, 7) is 2.19. The molecule has 11 heteroatoms. The zero-order chi connectivity index (χ0) is 30.7. The maximum Gasteiger partial charge on any atom is 0.268 e. The van der Waals surface area contributed by atoms with Crippen LogP contribution >= 0.6 is 0 Å². The normalized spacial score (nSPS) is 12.0. The van der Waals surface area contributed by atoms with Gasteiger partial charge in [0, 0.05) is 22.8 Å². The molecule has 4 aromatic carbocycles. The highest BCUT2D eigenvalue weighted by atomic mass is 32.2. The summed E-state index contributed by atoms with van der Waals surface area (Å²) in [5.41, 5.74) is 12.4. The minimum absolute atomic E-state index is 0.193. The van der Waals surface area contributed by atoms with Crippen molar-refractivity contribution >= 4 is 48.8 Å². The summed E-state index contributed by atoms with van der Waals surface area (Å²) in [6.07, 6.45) is 3.02. The summed E-state index contributed by atoms with van der Waals surface area (Å²) in [5, 5.41) is 6.27. The second-order valence-electron chi connectivity index (χ2n) is 10.8. The smallest absolute Gasteiger partial charge is 0.268 e. The molecule has 0 aliphatic carbocycles. The SMILES string of the molecule is Cc1ccc(S(=O)(=O)n2cc(-c3nn(Cc4nc5ccccc5n4-c4ccccc4)c4ncnc(N)c34)c3ccccc32)cc1. The number of imidazole rings is 1. The van der Waals surface area contributed by atoms with E-state index in [9.17, 15) is 8.42 Å². The fourth-order valence-corrected chi connectivity index (χ4v) is 7.24. The van der Waals surface area contributed by atoms with E-state index >= 15 is 0 Å². The van der Waals surface area contributed by atoms with Crippen LogP contribution in [0.3, 0.4) is 0 Å². The topological polar surface area (TPSA) is 127 Å². The first-order valence-electron chi connectivity index (χ1n) is 14.3. The Morgan fingerprint density at radius 1 is 0.800 bits per heavy atom. The largest absolute Gasteiger partial charge is 0.383 e. The van der Waals surface area contributed by atoms with Crippen molar-refractivity contribution in [1.29, 1.82) is 0 Å². The van der Waals surface area contributed by atoms with Crippen LogP contribution in [0.1, 0.15) is 11.4 Å². The lowest BCUT2D eigenvalue weighted by Crippen LogP contribution is -2.11. The van der Waals surface area contributed by atoms with Crippen molar-refractivity contribution in [3.8, 4) is 16.9 Å². The van der Waals surface area contributed by atoms with Gasteiger partial charge in [-0.3, -0.25) is 4.57 Å². The second kappa shape index (κ2) is 10.1. The molecule has 0 saturated heterocycles. The Morgan fingerprint density at radius 3 is 2.31 bits per heavy atom. The number of rotatable bonds is 6. The molecule has 0 fully saturated rings. The third-order valence-electron chi connectivity index (χ3n) is 8.01. The van der Waals surface area contributed by atoms with Crippen LogP contribution in [0.4, 0.5) is 5.82 Å². The van der Waals surface area contributed by atoms with Crippen LogP contribution in [0.25, 0.3) is 49.9 Å². The zero-order valence-electron chi connectivity index (χ0n) is 24.1. The molecule has 220 valence electrons. The van der Waals surface area contributed by atoms with Crippen LogP contribution in [0.5, 0.6) is 0 Å². The fraction of sp³-hybridized carbons (Fsp3) is 0.0588. The number of nitrogen functional groups attached to an aromatic ring is 1. The van der Waals surface area contributed by atoms with Crippen LogP contribution < -0.4 is 5.73 Å². The predicted molar refractivity (Wildman–Crippen MR) is 175 cm³/mol. The van der Waals surface area contributed by atoms with Gasteiger partial charge < -0.3 is 5.73 Å². The Kier molecular flexibility index (Phi) is 6.03. The van der Waals surface area contributed by atoms with Gasteiger partial charge in [-0.1, -0.05) is 66.2 Å². The maximum absolute atomic E-state index is 13.9. The molecule has 0 aliphatic heterocycles. The average Bonchev–Trinajstić information content (AvgIpc) is 3.74. The standard InChI is InChI=1S/C34H26N8O2S/c1-22-15-17-24(18-16-22)45(43,44)41-19-26(25-11-5-7-13-28(25)41)32-31-33(35)36-21-37-34(31)40(39-32)20-30-38-27-12-6-8-14-29(27)42(30)23-9-3-2-4-10-23/h2-19,21H,20H2,1H3,(H2,35,36,37). The minimum Gasteiger partial charge on any atom is -0.383 e. The Balaban J connectivity index is 1.34. The summed E-state index contributed by atoms with van der Waals surface area (Å²) in [4.78, 5) is 14.0. The molecule has 0 spiro atoms. The van der Waals surface area contributed by atoms with Crippen LogP contribution in [0, 0.1) is 6.92 Å². The summed E-state index contributed by atoms with van der Waals surface area (Å²) in [7, 11) is -3.92. The molecular formula is C34H26N8O2S. The molecule has 4 heterocycles. The molecule has 8 aromatic rings. The van der Waals surface area contributed by atoms with E-state index in [4.69, 9.17) is 15.8 Å². The number of nitrogens with zero attached hydrogens (tertiary/aromatic N) is 7. The molecular weight excluding hydrogens is 584 g/mol. The van der Waals surface area contributed by atoms with E-state index < -0.39 is 10.0 Å². The number of benzene rings is 4.